The SMILES string of the molecule is CCCN(CC(=O)N1CCc2sccc2[C@@H]1COc1ccc(C)cc1C)C(=O)CC. The van der Waals surface area contributed by atoms with E-state index in [0.29, 0.717) is 26.1 Å². The van der Waals surface area contributed by atoms with Crippen LogP contribution >= 0.6 is 11.3 Å². The zero-order chi connectivity index (χ0) is 21.7. The van der Waals surface area contributed by atoms with Gasteiger partial charge >= 0.3 is 0 Å². The molecule has 3 rings (SSSR count). The Morgan fingerprint density at radius 3 is 2.73 bits per heavy atom. The molecule has 5 nitrogen and oxygen atoms in total. The van der Waals surface area contributed by atoms with Crippen LogP contribution in [0.15, 0.2) is 29.6 Å². The summed E-state index contributed by atoms with van der Waals surface area (Å²) in [7, 11) is 0. The summed E-state index contributed by atoms with van der Waals surface area (Å²) in [5.41, 5.74) is 3.47. The highest BCUT2D eigenvalue weighted by molar-refractivity contribution is 7.10. The van der Waals surface area contributed by atoms with Crippen molar-refractivity contribution in [3.8, 4) is 5.75 Å². The van der Waals surface area contributed by atoms with Gasteiger partial charge in [-0.15, -0.1) is 11.3 Å². The van der Waals surface area contributed by atoms with Gasteiger partial charge in [0.1, 0.15) is 12.4 Å². The Hall–Kier alpha value is -2.34. The van der Waals surface area contributed by atoms with Gasteiger partial charge in [0.25, 0.3) is 0 Å². The van der Waals surface area contributed by atoms with Crippen molar-refractivity contribution in [1.29, 1.82) is 0 Å². The van der Waals surface area contributed by atoms with E-state index >= 15 is 0 Å². The van der Waals surface area contributed by atoms with Gasteiger partial charge in [0.15, 0.2) is 0 Å². The molecule has 0 aliphatic carbocycles. The molecule has 162 valence electrons. The number of ether oxygens (including phenoxy) is 1. The van der Waals surface area contributed by atoms with Crippen LogP contribution in [0.1, 0.15) is 54.3 Å². The molecule has 30 heavy (non-hydrogen) atoms. The van der Waals surface area contributed by atoms with Crippen LogP contribution in [0.25, 0.3) is 0 Å². The predicted molar refractivity (Wildman–Crippen MR) is 121 cm³/mol. The molecular weight excluding hydrogens is 396 g/mol. The molecule has 1 aliphatic heterocycles. The standard InChI is InChI=1S/C24H32N2O3S/c1-5-11-25(23(27)6-2)15-24(28)26-12-9-22-19(10-13-30-22)20(26)16-29-21-8-7-17(3)14-18(21)4/h7-8,10,13-14,20H,5-6,9,11-12,15-16H2,1-4H3/t20-/m0/s1. The molecule has 2 aromatic rings. The normalized spacial score (nSPS) is 15.6. The van der Waals surface area contributed by atoms with E-state index in [9.17, 15) is 9.59 Å². The monoisotopic (exact) mass is 428 g/mol. The van der Waals surface area contributed by atoms with E-state index in [1.54, 1.807) is 16.2 Å². The smallest absolute Gasteiger partial charge is 0.242 e. The van der Waals surface area contributed by atoms with Crippen molar-refractivity contribution < 1.29 is 14.3 Å². The van der Waals surface area contributed by atoms with Crippen LogP contribution < -0.4 is 4.74 Å². The summed E-state index contributed by atoms with van der Waals surface area (Å²) >= 11 is 1.74. The highest BCUT2D eigenvalue weighted by Crippen LogP contribution is 2.34. The lowest BCUT2D eigenvalue weighted by Gasteiger charge is -2.37. The Kier molecular flexibility index (Phi) is 7.53. The fourth-order valence-electron chi connectivity index (χ4n) is 4.04. The van der Waals surface area contributed by atoms with Gasteiger partial charge in [0.2, 0.25) is 11.8 Å². The number of amides is 2. The summed E-state index contributed by atoms with van der Waals surface area (Å²) in [5.74, 6) is 0.877. The van der Waals surface area contributed by atoms with Crippen LogP contribution in [-0.2, 0) is 16.0 Å². The summed E-state index contributed by atoms with van der Waals surface area (Å²) in [6, 6.07) is 8.12. The number of hydrogen-bond acceptors (Lipinski definition) is 4. The lowest BCUT2D eigenvalue weighted by Crippen LogP contribution is -2.47. The number of rotatable bonds is 8. The lowest BCUT2D eigenvalue weighted by atomic mass is 10.00. The Morgan fingerprint density at radius 2 is 2.03 bits per heavy atom. The Balaban J connectivity index is 1.78. The summed E-state index contributed by atoms with van der Waals surface area (Å²) in [4.78, 5) is 30.4. The maximum Gasteiger partial charge on any atom is 0.242 e. The van der Waals surface area contributed by atoms with Gasteiger partial charge in [-0.3, -0.25) is 9.59 Å². The van der Waals surface area contributed by atoms with Crippen LogP contribution in [0, 0.1) is 13.8 Å². The minimum absolute atomic E-state index is 0.00340. The van der Waals surface area contributed by atoms with E-state index < -0.39 is 0 Å². The Morgan fingerprint density at radius 1 is 1.23 bits per heavy atom. The maximum absolute atomic E-state index is 13.2. The fraction of sp³-hybridized carbons (Fsp3) is 0.500. The van der Waals surface area contributed by atoms with Crippen LogP contribution in [0.4, 0.5) is 0 Å². The van der Waals surface area contributed by atoms with E-state index in [1.807, 2.05) is 37.8 Å². The number of hydrogen-bond donors (Lipinski definition) is 0. The molecular formula is C24H32N2O3S. The van der Waals surface area contributed by atoms with Gasteiger partial charge in [0.05, 0.1) is 12.6 Å². The van der Waals surface area contributed by atoms with Crippen molar-refractivity contribution in [2.24, 2.45) is 0 Å². The molecule has 0 saturated heterocycles. The quantitative estimate of drug-likeness (QED) is 0.621. The van der Waals surface area contributed by atoms with Crippen molar-refractivity contribution in [3.05, 3.63) is 51.2 Å². The first-order chi connectivity index (χ1) is 14.4. The first-order valence-corrected chi connectivity index (χ1v) is 11.7. The van der Waals surface area contributed by atoms with E-state index in [4.69, 9.17) is 4.74 Å². The number of benzene rings is 1. The Bertz CT molecular complexity index is 892. The van der Waals surface area contributed by atoms with Crippen LogP contribution in [0.2, 0.25) is 0 Å². The Labute approximate surface area is 183 Å². The minimum atomic E-state index is -0.131. The van der Waals surface area contributed by atoms with E-state index in [2.05, 4.69) is 24.4 Å². The van der Waals surface area contributed by atoms with Gasteiger partial charge in [-0.1, -0.05) is 31.5 Å². The fourth-order valence-corrected chi connectivity index (χ4v) is 4.97. The van der Waals surface area contributed by atoms with E-state index in [-0.39, 0.29) is 24.4 Å². The molecule has 1 aliphatic rings. The highest BCUT2D eigenvalue weighted by Gasteiger charge is 2.33. The highest BCUT2D eigenvalue weighted by atomic mass is 32.1. The number of carbonyl (C=O) groups excluding carboxylic acids is 2. The van der Waals surface area contributed by atoms with Gasteiger partial charge in [-0.25, -0.2) is 0 Å². The molecule has 1 aromatic heterocycles. The van der Waals surface area contributed by atoms with Crippen molar-refractivity contribution in [3.63, 3.8) is 0 Å². The van der Waals surface area contributed by atoms with Gasteiger partial charge in [-0.2, -0.15) is 0 Å². The maximum atomic E-state index is 13.2. The second-order valence-electron chi connectivity index (χ2n) is 7.90. The number of thiophene rings is 1. The lowest BCUT2D eigenvalue weighted by molar-refractivity contribution is -0.142. The molecule has 0 saturated carbocycles. The number of fused-ring (bicyclic) bond motifs is 1. The molecule has 1 aromatic carbocycles. The second-order valence-corrected chi connectivity index (χ2v) is 8.90. The van der Waals surface area contributed by atoms with E-state index in [0.717, 1.165) is 24.2 Å². The molecule has 2 heterocycles. The van der Waals surface area contributed by atoms with Crippen molar-refractivity contribution in [2.75, 3.05) is 26.2 Å². The summed E-state index contributed by atoms with van der Waals surface area (Å²) in [5, 5.41) is 2.09. The average molecular weight is 429 g/mol. The number of aryl methyl sites for hydroxylation is 2. The van der Waals surface area contributed by atoms with Crippen molar-refractivity contribution >= 4 is 23.2 Å². The molecule has 0 radical (unpaired) electrons. The first-order valence-electron chi connectivity index (χ1n) is 10.8. The zero-order valence-electron chi connectivity index (χ0n) is 18.4. The first kappa shape index (κ1) is 22.3. The third-order valence-corrected chi connectivity index (χ3v) is 6.61. The summed E-state index contributed by atoms with van der Waals surface area (Å²) in [6.07, 6.45) is 2.11. The third-order valence-electron chi connectivity index (χ3n) is 5.62. The van der Waals surface area contributed by atoms with Crippen molar-refractivity contribution in [2.45, 2.75) is 53.0 Å². The summed E-state index contributed by atoms with van der Waals surface area (Å²) in [6.45, 7) is 9.80. The molecule has 0 fully saturated rings. The van der Waals surface area contributed by atoms with Crippen LogP contribution in [0.3, 0.4) is 0 Å². The van der Waals surface area contributed by atoms with E-state index in [1.165, 1.54) is 16.0 Å². The molecule has 0 spiro atoms. The van der Waals surface area contributed by atoms with Gasteiger partial charge in [0, 0.05) is 24.4 Å². The third kappa shape index (κ3) is 5.04. The predicted octanol–water partition coefficient (Wildman–Crippen LogP) is 4.52. The number of carbonyl (C=O) groups is 2. The van der Waals surface area contributed by atoms with Crippen LogP contribution in [0.5, 0.6) is 5.75 Å². The molecule has 0 bridgehead atoms. The molecule has 0 N–H and O–H groups in total. The topological polar surface area (TPSA) is 49.9 Å². The molecule has 0 unspecified atom stereocenters. The average Bonchev–Trinajstić information content (AvgIpc) is 3.21. The zero-order valence-corrected chi connectivity index (χ0v) is 19.3. The van der Waals surface area contributed by atoms with Crippen molar-refractivity contribution in [1.82, 2.24) is 9.80 Å². The molecule has 6 heteroatoms. The van der Waals surface area contributed by atoms with Gasteiger partial charge in [-0.05, 0) is 55.3 Å². The summed E-state index contributed by atoms with van der Waals surface area (Å²) < 4.78 is 6.19. The molecule has 2 amide bonds. The second kappa shape index (κ2) is 10.1. The van der Waals surface area contributed by atoms with Gasteiger partial charge < -0.3 is 14.5 Å². The largest absolute Gasteiger partial charge is 0.491 e. The minimum Gasteiger partial charge on any atom is -0.491 e. The molecule has 1 atom stereocenters. The number of nitrogens with zero attached hydrogens (tertiary/aromatic N) is 2. The van der Waals surface area contributed by atoms with Crippen LogP contribution in [-0.4, -0.2) is 47.9 Å².